The van der Waals surface area contributed by atoms with Crippen molar-refractivity contribution in [2.45, 2.75) is 19.3 Å². The largest absolute Gasteiger partial charge is 0.392 e. The van der Waals surface area contributed by atoms with Gasteiger partial charge in [0, 0.05) is 0 Å². The van der Waals surface area contributed by atoms with E-state index in [0.717, 1.165) is 19.3 Å². The summed E-state index contributed by atoms with van der Waals surface area (Å²) in [6, 6.07) is 0. The Bertz CT molecular complexity index is 269. The van der Waals surface area contributed by atoms with E-state index in [0.29, 0.717) is 13.2 Å². The summed E-state index contributed by atoms with van der Waals surface area (Å²) in [6.45, 7) is 0.745. The van der Waals surface area contributed by atoms with E-state index in [1.54, 1.807) is 0 Å². The van der Waals surface area contributed by atoms with Crippen LogP contribution in [0.5, 0.6) is 0 Å². The molecule has 3 aliphatic rings. The van der Waals surface area contributed by atoms with Gasteiger partial charge < -0.3 is 9.47 Å². The molecular formula is C9H10O4. The first kappa shape index (κ1) is 7.50. The molecule has 13 heavy (non-hydrogen) atoms. The van der Waals surface area contributed by atoms with Crippen LogP contribution in [0.3, 0.4) is 0 Å². The van der Waals surface area contributed by atoms with Gasteiger partial charge in [-0.15, -0.1) is 0 Å². The van der Waals surface area contributed by atoms with E-state index in [1.165, 1.54) is 0 Å². The van der Waals surface area contributed by atoms with Crippen LogP contribution in [0.4, 0.5) is 0 Å². The van der Waals surface area contributed by atoms with Crippen LogP contribution >= 0.6 is 0 Å². The van der Waals surface area contributed by atoms with Crippen LogP contribution in [0.25, 0.3) is 0 Å². The van der Waals surface area contributed by atoms with Crippen LogP contribution in [0.1, 0.15) is 19.3 Å². The molecule has 0 spiro atoms. The predicted octanol–water partition coefficient (Wildman–Crippen LogP) is 0.257. The smallest absolute Gasteiger partial charge is 0.323 e. The topological polar surface area (TPSA) is 52.6 Å². The molecule has 0 amide bonds. The summed E-state index contributed by atoms with van der Waals surface area (Å²) >= 11 is 0. The SMILES string of the molecule is O=C1OC(=O)C23CCCC12COC3. The third kappa shape index (κ3) is 0.572. The van der Waals surface area contributed by atoms with Gasteiger partial charge in [0.25, 0.3) is 0 Å². The molecule has 4 nitrogen and oxygen atoms in total. The summed E-state index contributed by atoms with van der Waals surface area (Å²) in [5, 5.41) is 0. The van der Waals surface area contributed by atoms with Crippen molar-refractivity contribution in [2.75, 3.05) is 13.2 Å². The quantitative estimate of drug-likeness (QED) is 0.398. The van der Waals surface area contributed by atoms with Crippen LogP contribution in [0.15, 0.2) is 0 Å². The van der Waals surface area contributed by atoms with Crippen LogP contribution in [0, 0.1) is 10.8 Å². The zero-order valence-electron chi connectivity index (χ0n) is 7.17. The Morgan fingerprint density at radius 1 is 1.00 bits per heavy atom. The number of carbonyl (C=O) groups excluding carboxylic acids is 2. The zero-order chi connectivity index (χ0) is 9.10. The van der Waals surface area contributed by atoms with Crippen LogP contribution < -0.4 is 0 Å². The maximum Gasteiger partial charge on any atom is 0.323 e. The lowest BCUT2D eigenvalue weighted by Crippen LogP contribution is -2.38. The first-order valence-electron chi connectivity index (χ1n) is 4.56. The van der Waals surface area contributed by atoms with Crippen molar-refractivity contribution >= 4 is 11.9 Å². The average Bonchev–Trinajstić information content (AvgIpc) is 2.61. The molecule has 2 heterocycles. The van der Waals surface area contributed by atoms with E-state index in [1.807, 2.05) is 0 Å². The predicted molar refractivity (Wildman–Crippen MR) is 40.6 cm³/mol. The van der Waals surface area contributed by atoms with E-state index in [2.05, 4.69) is 0 Å². The lowest BCUT2D eigenvalue weighted by Gasteiger charge is -2.22. The highest BCUT2D eigenvalue weighted by Gasteiger charge is 2.73. The fourth-order valence-corrected chi connectivity index (χ4v) is 2.98. The van der Waals surface area contributed by atoms with Crippen LogP contribution in [-0.4, -0.2) is 25.2 Å². The number of cyclic esters (lactones) is 2. The van der Waals surface area contributed by atoms with Gasteiger partial charge in [0.1, 0.15) is 10.8 Å². The highest BCUT2D eigenvalue weighted by atomic mass is 16.6. The fraction of sp³-hybridized carbons (Fsp3) is 0.778. The van der Waals surface area contributed by atoms with Gasteiger partial charge in [-0.3, -0.25) is 9.59 Å². The van der Waals surface area contributed by atoms with E-state index >= 15 is 0 Å². The minimum atomic E-state index is -0.607. The molecule has 2 unspecified atom stereocenters. The summed E-state index contributed by atoms with van der Waals surface area (Å²) in [5.74, 6) is -0.708. The Labute approximate surface area is 75.2 Å². The third-order valence-electron chi connectivity index (χ3n) is 3.79. The fourth-order valence-electron chi connectivity index (χ4n) is 2.98. The molecular weight excluding hydrogens is 172 g/mol. The maximum atomic E-state index is 11.5. The monoisotopic (exact) mass is 182 g/mol. The van der Waals surface area contributed by atoms with Crippen molar-refractivity contribution in [3.8, 4) is 0 Å². The van der Waals surface area contributed by atoms with Crippen molar-refractivity contribution in [1.82, 2.24) is 0 Å². The lowest BCUT2D eigenvalue weighted by molar-refractivity contribution is -0.159. The van der Waals surface area contributed by atoms with Gasteiger partial charge in [-0.1, -0.05) is 6.42 Å². The van der Waals surface area contributed by atoms with Gasteiger partial charge in [-0.2, -0.15) is 0 Å². The number of carbonyl (C=O) groups is 2. The molecule has 2 atom stereocenters. The van der Waals surface area contributed by atoms with Crippen LogP contribution in [-0.2, 0) is 19.1 Å². The zero-order valence-corrected chi connectivity index (χ0v) is 7.17. The summed E-state index contributed by atoms with van der Waals surface area (Å²) in [5.41, 5.74) is -1.21. The van der Waals surface area contributed by atoms with Crippen molar-refractivity contribution in [3.63, 3.8) is 0 Å². The maximum absolute atomic E-state index is 11.5. The molecule has 1 aliphatic carbocycles. The lowest BCUT2D eigenvalue weighted by atomic mass is 9.70. The summed E-state index contributed by atoms with van der Waals surface area (Å²) < 4.78 is 10.00. The standard InChI is InChI=1S/C9H10O4/c10-6-8-2-1-3-9(8,5-12-4-8)7(11)13-6/h1-5H2. The Morgan fingerprint density at radius 3 is 2.08 bits per heavy atom. The highest BCUT2D eigenvalue weighted by Crippen LogP contribution is 2.61. The van der Waals surface area contributed by atoms with E-state index < -0.39 is 10.8 Å². The second kappa shape index (κ2) is 1.95. The van der Waals surface area contributed by atoms with Gasteiger partial charge >= 0.3 is 11.9 Å². The molecule has 70 valence electrons. The van der Waals surface area contributed by atoms with Gasteiger partial charge in [0.05, 0.1) is 13.2 Å². The molecule has 0 bridgehead atoms. The van der Waals surface area contributed by atoms with Crippen molar-refractivity contribution in [3.05, 3.63) is 0 Å². The van der Waals surface area contributed by atoms with E-state index in [4.69, 9.17) is 9.47 Å². The first-order valence-corrected chi connectivity index (χ1v) is 4.56. The van der Waals surface area contributed by atoms with E-state index in [9.17, 15) is 9.59 Å². The van der Waals surface area contributed by atoms with Gasteiger partial charge in [0.15, 0.2) is 0 Å². The number of hydrogen-bond donors (Lipinski definition) is 0. The molecule has 1 saturated carbocycles. The normalized spacial score (nSPS) is 47.7. The molecule has 2 aliphatic heterocycles. The third-order valence-corrected chi connectivity index (χ3v) is 3.79. The molecule has 3 rings (SSSR count). The van der Waals surface area contributed by atoms with E-state index in [-0.39, 0.29) is 11.9 Å². The highest BCUT2D eigenvalue weighted by molar-refractivity contribution is 6.03. The molecule has 0 aromatic rings. The number of rotatable bonds is 0. The Morgan fingerprint density at radius 2 is 1.54 bits per heavy atom. The van der Waals surface area contributed by atoms with Crippen molar-refractivity contribution in [2.24, 2.45) is 10.8 Å². The second-order valence-electron chi connectivity index (χ2n) is 4.19. The Kier molecular flexibility index (Phi) is 1.12. The molecule has 3 fully saturated rings. The molecule has 0 radical (unpaired) electrons. The number of ether oxygens (including phenoxy) is 2. The molecule has 2 saturated heterocycles. The van der Waals surface area contributed by atoms with Gasteiger partial charge in [-0.25, -0.2) is 0 Å². The second-order valence-corrected chi connectivity index (χ2v) is 4.19. The van der Waals surface area contributed by atoms with Crippen LogP contribution in [0.2, 0.25) is 0 Å². The molecule has 0 aromatic heterocycles. The Hall–Kier alpha value is -0.900. The minimum Gasteiger partial charge on any atom is -0.392 e. The molecule has 0 N–H and O–H groups in total. The first-order chi connectivity index (χ1) is 6.21. The summed E-state index contributed by atoms with van der Waals surface area (Å²) in [6.07, 6.45) is 2.43. The van der Waals surface area contributed by atoms with Gasteiger partial charge in [-0.05, 0) is 12.8 Å². The van der Waals surface area contributed by atoms with Gasteiger partial charge in [0.2, 0.25) is 0 Å². The van der Waals surface area contributed by atoms with Crippen molar-refractivity contribution in [1.29, 1.82) is 0 Å². The van der Waals surface area contributed by atoms with Crippen molar-refractivity contribution < 1.29 is 19.1 Å². The molecule has 4 heteroatoms. The number of esters is 2. The summed E-state index contributed by atoms with van der Waals surface area (Å²) in [7, 11) is 0. The average molecular weight is 182 g/mol. The molecule has 0 aromatic carbocycles. The number of hydrogen-bond acceptors (Lipinski definition) is 4. The summed E-state index contributed by atoms with van der Waals surface area (Å²) in [4.78, 5) is 23.1. The minimum absolute atomic E-state index is 0.354. The Balaban J connectivity index is 2.20.